The summed E-state index contributed by atoms with van der Waals surface area (Å²) >= 11 is 2.92. The molecule has 1 aliphatic rings. The summed E-state index contributed by atoms with van der Waals surface area (Å²) in [5.41, 5.74) is 4.16. The van der Waals surface area contributed by atoms with Crippen LogP contribution in [0.1, 0.15) is 93.4 Å². The first-order valence-corrected chi connectivity index (χ1v) is 22.3. The molecule has 4 aromatic carbocycles. The van der Waals surface area contributed by atoms with Gasteiger partial charge in [0.15, 0.2) is 0 Å². The predicted octanol–water partition coefficient (Wildman–Crippen LogP) is 10.8. The van der Waals surface area contributed by atoms with Gasteiger partial charge in [-0.1, -0.05) is 0 Å². The molecule has 4 heteroatoms. The van der Waals surface area contributed by atoms with Gasteiger partial charge < -0.3 is 5.11 Å². The van der Waals surface area contributed by atoms with Gasteiger partial charge in [-0.25, -0.2) is 0 Å². The molecule has 0 aliphatic carbocycles. The van der Waals surface area contributed by atoms with Crippen molar-refractivity contribution in [3.8, 4) is 11.5 Å². The van der Waals surface area contributed by atoms with Gasteiger partial charge in [-0.3, -0.25) is 0 Å². The van der Waals surface area contributed by atoms with E-state index in [9.17, 15) is 5.11 Å². The number of phenolic OH excluding ortho intramolecular Hbond substituents is 1. The monoisotopic (exact) mass is 734 g/mol. The average Bonchev–Trinajstić information content (AvgIpc) is 3.08. The van der Waals surface area contributed by atoms with Gasteiger partial charge in [0.25, 0.3) is 0 Å². The van der Waals surface area contributed by atoms with Gasteiger partial charge in [-0.05, 0) is 43.9 Å². The van der Waals surface area contributed by atoms with E-state index in [1.54, 1.807) is 0 Å². The zero-order valence-electron chi connectivity index (χ0n) is 27.8. The van der Waals surface area contributed by atoms with Crippen molar-refractivity contribution in [1.29, 1.82) is 0 Å². The maximum atomic E-state index is 10.5. The minimum absolute atomic E-state index is 0.102. The van der Waals surface area contributed by atoms with Crippen LogP contribution in [0.2, 0.25) is 0 Å². The van der Waals surface area contributed by atoms with Crippen LogP contribution in [0.5, 0.6) is 11.5 Å². The van der Waals surface area contributed by atoms with Crippen molar-refractivity contribution in [3.05, 3.63) is 113 Å². The van der Waals surface area contributed by atoms with Crippen LogP contribution in [0.3, 0.4) is 0 Å². The summed E-state index contributed by atoms with van der Waals surface area (Å²) < 4.78 is 4.02. The average molecular weight is 735 g/mol. The third-order valence-corrected chi connectivity index (χ3v) is 22.3. The van der Waals surface area contributed by atoms with Crippen LogP contribution in [0.25, 0.3) is 0 Å². The normalized spacial score (nSPS) is 17.2. The fourth-order valence-corrected chi connectivity index (χ4v) is 16.3. The molecule has 1 atom stereocenters. The molecule has 0 fully saturated rings. The van der Waals surface area contributed by atoms with Gasteiger partial charge in [0.2, 0.25) is 0 Å². The molecule has 2 nitrogen and oxygen atoms in total. The van der Waals surface area contributed by atoms with E-state index < -0.39 is 4.25 Å². The molecule has 1 N–H and O–H groups in total. The molecule has 0 spiro atoms. The summed E-state index contributed by atoms with van der Waals surface area (Å²) in [4.78, 5) is 0. The molecule has 0 saturated carbocycles. The second-order valence-electron chi connectivity index (χ2n) is 13.6. The van der Waals surface area contributed by atoms with Crippen molar-refractivity contribution in [2.45, 2.75) is 104 Å². The Balaban J connectivity index is 1.11. The standard InChI is InChI=1S/C41H52IO2P/c1-32-33(2)40-38(34(3)39(32)43)28-30-41(4,44-40)29-20-9-7-5-6-8-10-21-31-45(42,35-22-14-11-15-23-35,36-24-16-12-17-25-36)37-26-18-13-19-27-37/h11-19,22-27,43H,5-10,20-21,28-31H2,1-4H3. The fourth-order valence-electron chi connectivity index (χ4n) is 7.49. The van der Waals surface area contributed by atoms with Crippen molar-refractivity contribution in [3.63, 3.8) is 0 Å². The summed E-state index contributed by atoms with van der Waals surface area (Å²) in [7, 11) is 0. The Morgan fingerprint density at radius 2 is 1.09 bits per heavy atom. The van der Waals surface area contributed by atoms with E-state index in [1.165, 1.54) is 79.0 Å². The van der Waals surface area contributed by atoms with E-state index in [4.69, 9.17) is 4.74 Å². The van der Waals surface area contributed by atoms with Crippen LogP contribution in [-0.4, -0.2) is 16.9 Å². The van der Waals surface area contributed by atoms with E-state index in [1.807, 2.05) is 13.8 Å². The van der Waals surface area contributed by atoms with Gasteiger partial charge in [0.05, 0.1) is 0 Å². The zero-order valence-corrected chi connectivity index (χ0v) is 30.9. The van der Waals surface area contributed by atoms with E-state index in [-0.39, 0.29) is 5.60 Å². The Labute approximate surface area is 285 Å². The Kier molecular flexibility index (Phi) is 11.0. The number of unbranched alkanes of at least 4 members (excludes halogenated alkanes) is 7. The molecule has 0 aromatic heterocycles. The number of phenols is 1. The fraction of sp³-hybridized carbons (Fsp3) is 0.415. The number of fused-ring (bicyclic) bond motifs is 1. The Morgan fingerprint density at radius 3 is 1.58 bits per heavy atom. The van der Waals surface area contributed by atoms with Crippen molar-refractivity contribution in [1.82, 2.24) is 0 Å². The summed E-state index contributed by atoms with van der Waals surface area (Å²) in [5.74, 6) is 1.47. The zero-order chi connectivity index (χ0) is 31.9. The number of hydrogen-bond donors (Lipinski definition) is 1. The Bertz CT molecular complexity index is 1450. The second-order valence-corrected chi connectivity index (χ2v) is 24.3. The molecular formula is C41H52IO2P. The Morgan fingerprint density at radius 1 is 0.644 bits per heavy atom. The van der Waals surface area contributed by atoms with Crippen LogP contribution < -0.4 is 20.7 Å². The molecule has 1 aliphatic heterocycles. The van der Waals surface area contributed by atoms with Gasteiger partial charge in [0.1, 0.15) is 11.5 Å². The molecule has 1 heterocycles. The third kappa shape index (κ3) is 7.01. The van der Waals surface area contributed by atoms with Gasteiger partial charge in [0, 0.05) is 5.56 Å². The van der Waals surface area contributed by atoms with Gasteiger partial charge in [-0.15, -0.1) is 0 Å². The van der Waals surface area contributed by atoms with Crippen molar-refractivity contribution in [2.75, 3.05) is 6.16 Å². The molecule has 5 rings (SSSR count). The summed E-state index contributed by atoms with van der Waals surface area (Å²) in [6.45, 7) is 8.41. The predicted molar refractivity (Wildman–Crippen MR) is 205 cm³/mol. The molecule has 0 radical (unpaired) electrons. The quantitative estimate of drug-likeness (QED) is 0.0794. The topological polar surface area (TPSA) is 29.5 Å². The first kappa shape index (κ1) is 34.0. The van der Waals surface area contributed by atoms with Crippen molar-refractivity contribution in [2.24, 2.45) is 0 Å². The maximum absolute atomic E-state index is 10.5. The number of halogens is 1. The van der Waals surface area contributed by atoms with Crippen LogP contribution in [0, 0.1) is 20.8 Å². The molecular weight excluding hydrogens is 682 g/mol. The van der Waals surface area contributed by atoms with E-state index in [2.05, 4.69) is 127 Å². The van der Waals surface area contributed by atoms with E-state index >= 15 is 0 Å². The molecule has 0 saturated heterocycles. The third-order valence-electron chi connectivity index (χ3n) is 10.5. The minimum atomic E-state index is -2.64. The number of aromatic hydroxyl groups is 1. The molecule has 240 valence electrons. The molecule has 1 unspecified atom stereocenters. The van der Waals surface area contributed by atoms with Crippen molar-refractivity contribution >= 4 is 42.2 Å². The van der Waals surface area contributed by atoms with Crippen molar-refractivity contribution < 1.29 is 9.84 Å². The number of benzene rings is 4. The summed E-state index contributed by atoms with van der Waals surface area (Å²) in [6, 6.07) is 34.0. The molecule has 4 aromatic rings. The van der Waals surface area contributed by atoms with E-state index in [0.29, 0.717) is 5.75 Å². The first-order chi connectivity index (χ1) is 21.7. The van der Waals surface area contributed by atoms with Gasteiger partial charge in [-0.2, -0.15) is 0 Å². The number of ether oxygens (including phenoxy) is 1. The van der Waals surface area contributed by atoms with E-state index in [0.717, 1.165) is 41.7 Å². The second kappa shape index (κ2) is 14.6. The van der Waals surface area contributed by atoms with Crippen LogP contribution in [0.4, 0.5) is 0 Å². The summed E-state index contributed by atoms with van der Waals surface area (Å²) in [6.07, 6.45) is 14.6. The SMILES string of the molecule is Cc1c(C)c2c(c(C)c1O)CCC(C)(CCCCCCCCCCP(I)(c1ccccc1)(c1ccccc1)c1ccccc1)O2. The summed E-state index contributed by atoms with van der Waals surface area (Å²) in [5, 5.41) is 15.0. The molecule has 45 heavy (non-hydrogen) atoms. The number of rotatable bonds is 14. The van der Waals surface area contributed by atoms with Gasteiger partial charge >= 0.3 is 221 Å². The number of hydrogen-bond acceptors (Lipinski definition) is 2. The molecule has 0 amide bonds. The van der Waals surface area contributed by atoms with Crippen LogP contribution >= 0.6 is 26.3 Å². The first-order valence-electron chi connectivity index (χ1n) is 17.1. The molecule has 0 bridgehead atoms. The Hall–Kier alpha value is -2.36. The van der Waals surface area contributed by atoms with Crippen LogP contribution in [0.15, 0.2) is 91.0 Å². The van der Waals surface area contributed by atoms with Crippen LogP contribution in [-0.2, 0) is 6.42 Å².